The molecule has 1 heteroatoms. The summed E-state index contributed by atoms with van der Waals surface area (Å²) in [5.74, 6) is 0. The molecule has 1 aromatic heterocycles. The SMILES string of the molecule is CCC(C)=Cc1ccccn1. The van der Waals surface area contributed by atoms with Gasteiger partial charge in [0.05, 0.1) is 5.69 Å². The van der Waals surface area contributed by atoms with Gasteiger partial charge in [-0.1, -0.05) is 18.6 Å². The van der Waals surface area contributed by atoms with E-state index in [1.54, 1.807) is 0 Å². The third kappa shape index (κ3) is 2.54. The first kappa shape index (κ1) is 7.99. The van der Waals surface area contributed by atoms with Crippen LogP contribution in [0.1, 0.15) is 26.0 Å². The van der Waals surface area contributed by atoms with Crippen LogP contribution in [0.5, 0.6) is 0 Å². The van der Waals surface area contributed by atoms with Crippen molar-refractivity contribution >= 4 is 6.08 Å². The van der Waals surface area contributed by atoms with E-state index in [4.69, 9.17) is 0 Å². The van der Waals surface area contributed by atoms with E-state index in [2.05, 4.69) is 24.9 Å². The average Bonchev–Trinajstić information content (AvgIpc) is 2.06. The summed E-state index contributed by atoms with van der Waals surface area (Å²) in [6.45, 7) is 4.27. The minimum atomic E-state index is 1.05. The number of hydrogen-bond acceptors (Lipinski definition) is 1. The summed E-state index contributed by atoms with van der Waals surface area (Å²) in [6.07, 6.45) is 5.02. The van der Waals surface area contributed by atoms with E-state index in [1.165, 1.54) is 5.57 Å². The second-order valence-electron chi connectivity index (χ2n) is 2.60. The van der Waals surface area contributed by atoms with Crippen molar-refractivity contribution in [2.24, 2.45) is 0 Å². The van der Waals surface area contributed by atoms with Gasteiger partial charge < -0.3 is 0 Å². The summed E-state index contributed by atoms with van der Waals surface area (Å²) in [5, 5.41) is 0. The Morgan fingerprint density at radius 1 is 1.55 bits per heavy atom. The number of pyridine rings is 1. The van der Waals surface area contributed by atoms with Crippen molar-refractivity contribution in [1.29, 1.82) is 0 Å². The maximum Gasteiger partial charge on any atom is 0.0629 e. The van der Waals surface area contributed by atoms with Crippen LogP contribution in [0, 0.1) is 0 Å². The monoisotopic (exact) mass is 147 g/mol. The third-order valence-corrected chi connectivity index (χ3v) is 1.64. The van der Waals surface area contributed by atoms with Crippen molar-refractivity contribution in [1.82, 2.24) is 4.98 Å². The zero-order valence-corrected chi connectivity index (χ0v) is 7.04. The maximum atomic E-state index is 4.19. The topological polar surface area (TPSA) is 12.9 Å². The van der Waals surface area contributed by atoms with E-state index in [0.717, 1.165) is 12.1 Å². The molecule has 0 fully saturated rings. The quantitative estimate of drug-likeness (QED) is 0.626. The molecule has 0 aliphatic carbocycles. The Morgan fingerprint density at radius 2 is 2.36 bits per heavy atom. The van der Waals surface area contributed by atoms with Crippen LogP contribution in [0.25, 0.3) is 6.08 Å². The molecule has 0 radical (unpaired) electrons. The van der Waals surface area contributed by atoms with E-state index < -0.39 is 0 Å². The van der Waals surface area contributed by atoms with Crippen molar-refractivity contribution < 1.29 is 0 Å². The lowest BCUT2D eigenvalue weighted by atomic mass is 10.2. The van der Waals surface area contributed by atoms with Gasteiger partial charge in [0.25, 0.3) is 0 Å². The first-order valence-electron chi connectivity index (χ1n) is 3.91. The molecule has 0 amide bonds. The van der Waals surface area contributed by atoms with Crippen LogP contribution >= 0.6 is 0 Å². The van der Waals surface area contributed by atoms with Crippen molar-refractivity contribution in [3.8, 4) is 0 Å². The number of rotatable bonds is 2. The highest BCUT2D eigenvalue weighted by Gasteiger charge is 1.87. The molecule has 1 heterocycles. The molecule has 0 bridgehead atoms. The highest BCUT2D eigenvalue weighted by molar-refractivity contribution is 5.47. The van der Waals surface area contributed by atoms with Crippen molar-refractivity contribution in [2.45, 2.75) is 20.3 Å². The lowest BCUT2D eigenvalue weighted by molar-refractivity contribution is 1.11. The fourth-order valence-corrected chi connectivity index (χ4v) is 0.816. The minimum Gasteiger partial charge on any atom is -0.257 e. The number of hydrogen-bond donors (Lipinski definition) is 0. The second kappa shape index (κ2) is 3.91. The van der Waals surface area contributed by atoms with Gasteiger partial charge in [-0.25, -0.2) is 0 Å². The van der Waals surface area contributed by atoms with E-state index >= 15 is 0 Å². The smallest absolute Gasteiger partial charge is 0.0629 e. The molecule has 0 atom stereocenters. The summed E-state index contributed by atoms with van der Waals surface area (Å²) in [7, 11) is 0. The molecule has 1 nitrogen and oxygen atoms in total. The summed E-state index contributed by atoms with van der Waals surface area (Å²) < 4.78 is 0. The van der Waals surface area contributed by atoms with Crippen molar-refractivity contribution in [3.63, 3.8) is 0 Å². The first-order chi connectivity index (χ1) is 5.33. The Hall–Kier alpha value is -1.11. The maximum absolute atomic E-state index is 4.19. The van der Waals surface area contributed by atoms with Gasteiger partial charge in [-0.3, -0.25) is 4.98 Å². The Kier molecular flexibility index (Phi) is 2.84. The Bertz CT molecular complexity index is 236. The van der Waals surface area contributed by atoms with Crippen LogP contribution in [-0.2, 0) is 0 Å². The average molecular weight is 147 g/mol. The van der Waals surface area contributed by atoms with E-state index in [1.807, 2.05) is 24.4 Å². The van der Waals surface area contributed by atoms with Crippen LogP contribution in [0.3, 0.4) is 0 Å². The molecule has 0 unspecified atom stereocenters. The lowest BCUT2D eigenvalue weighted by Gasteiger charge is -1.94. The molecule has 0 aromatic carbocycles. The van der Waals surface area contributed by atoms with E-state index in [0.29, 0.717) is 0 Å². The van der Waals surface area contributed by atoms with Gasteiger partial charge >= 0.3 is 0 Å². The number of nitrogens with zero attached hydrogens (tertiary/aromatic N) is 1. The molecular formula is C10H13N. The predicted octanol–water partition coefficient (Wildman–Crippen LogP) is 2.89. The van der Waals surface area contributed by atoms with Gasteiger partial charge in [-0.2, -0.15) is 0 Å². The van der Waals surface area contributed by atoms with E-state index in [-0.39, 0.29) is 0 Å². The molecule has 11 heavy (non-hydrogen) atoms. The zero-order valence-electron chi connectivity index (χ0n) is 7.04. The van der Waals surface area contributed by atoms with Crippen LogP contribution in [-0.4, -0.2) is 4.98 Å². The molecule has 1 aromatic rings. The molecule has 0 saturated carbocycles. The number of aromatic nitrogens is 1. The van der Waals surface area contributed by atoms with Gasteiger partial charge in [0, 0.05) is 6.20 Å². The Morgan fingerprint density at radius 3 is 2.91 bits per heavy atom. The molecular weight excluding hydrogens is 134 g/mol. The standard InChI is InChI=1S/C10H13N/c1-3-9(2)8-10-6-4-5-7-11-10/h4-8H,3H2,1-2H3. The summed E-state index contributed by atoms with van der Waals surface area (Å²) in [4.78, 5) is 4.19. The highest BCUT2D eigenvalue weighted by Crippen LogP contribution is 2.05. The van der Waals surface area contributed by atoms with Crippen molar-refractivity contribution in [2.75, 3.05) is 0 Å². The fourth-order valence-electron chi connectivity index (χ4n) is 0.816. The molecule has 0 aliphatic rings. The fraction of sp³-hybridized carbons (Fsp3) is 0.300. The van der Waals surface area contributed by atoms with Crippen molar-refractivity contribution in [3.05, 3.63) is 35.7 Å². The van der Waals surface area contributed by atoms with Gasteiger partial charge in [-0.15, -0.1) is 0 Å². The summed E-state index contributed by atoms with van der Waals surface area (Å²) in [5.41, 5.74) is 2.41. The van der Waals surface area contributed by atoms with Gasteiger partial charge in [0.1, 0.15) is 0 Å². The zero-order chi connectivity index (χ0) is 8.10. The van der Waals surface area contributed by atoms with E-state index in [9.17, 15) is 0 Å². The normalized spacial score (nSPS) is 11.6. The first-order valence-corrected chi connectivity index (χ1v) is 3.91. The molecule has 1 rings (SSSR count). The van der Waals surface area contributed by atoms with Crippen LogP contribution < -0.4 is 0 Å². The van der Waals surface area contributed by atoms with Gasteiger partial charge in [-0.05, 0) is 31.6 Å². The molecule has 0 spiro atoms. The van der Waals surface area contributed by atoms with Gasteiger partial charge in [0.2, 0.25) is 0 Å². The molecule has 58 valence electrons. The lowest BCUT2D eigenvalue weighted by Crippen LogP contribution is -1.78. The van der Waals surface area contributed by atoms with Crippen LogP contribution in [0.2, 0.25) is 0 Å². The summed E-state index contributed by atoms with van der Waals surface area (Å²) >= 11 is 0. The predicted molar refractivity (Wildman–Crippen MR) is 48.2 cm³/mol. The minimum absolute atomic E-state index is 1.05. The third-order valence-electron chi connectivity index (χ3n) is 1.64. The second-order valence-corrected chi connectivity index (χ2v) is 2.60. The largest absolute Gasteiger partial charge is 0.257 e. The Labute approximate surface area is 67.8 Å². The highest BCUT2D eigenvalue weighted by atomic mass is 14.6. The number of allylic oxidation sites excluding steroid dienone is 1. The Balaban J connectivity index is 2.79. The summed E-state index contributed by atoms with van der Waals surface area (Å²) in [6, 6.07) is 5.94. The van der Waals surface area contributed by atoms with Crippen LogP contribution in [0.15, 0.2) is 30.0 Å². The molecule has 0 N–H and O–H groups in total. The molecule has 0 saturated heterocycles. The van der Waals surface area contributed by atoms with Crippen LogP contribution in [0.4, 0.5) is 0 Å². The molecule has 0 aliphatic heterocycles. The van der Waals surface area contributed by atoms with Gasteiger partial charge in [0.15, 0.2) is 0 Å².